The predicted octanol–water partition coefficient (Wildman–Crippen LogP) is 2.38. The molecule has 1 aromatic rings. The Kier molecular flexibility index (Phi) is 7.28. The van der Waals surface area contributed by atoms with Crippen molar-refractivity contribution in [3.8, 4) is 5.75 Å². The van der Waals surface area contributed by atoms with Crippen molar-refractivity contribution in [2.45, 2.75) is 32.9 Å². The number of benzene rings is 1. The van der Waals surface area contributed by atoms with Gasteiger partial charge in [-0.25, -0.2) is 0 Å². The Balaban J connectivity index is 2.31. The summed E-state index contributed by atoms with van der Waals surface area (Å²) in [4.78, 5) is 0. The molecule has 3 nitrogen and oxygen atoms in total. The number of aliphatic hydroxyl groups is 1. The van der Waals surface area contributed by atoms with E-state index in [1.54, 1.807) is 11.8 Å². The van der Waals surface area contributed by atoms with Crippen LogP contribution in [-0.2, 0) is 0 Å². The lowest BCUT2D eigenvalue weighted by molar-refractivity contribution is 0.104. The number of ether oxygens (including phenoxy) is 1. The van der Waals surface area contributed by atoms with Crippen molar-refractivity contribution >= 4 is 11.8 Å². The number of aryl methyl sites for hydroxylation is 2. The van der Waals surface area contributed by atoms with Crippen LogP contribution in [0.1, 0.15) is 18.1 Å². The summed E-state index contributed by atoms with van der Waals surface area (Å²) in [6.07, 6.45) is 1.60. The van der Waals surface area contributed by atoms with Crippen LogP contribution in [0.15, 0.2) is 18.2 Å². The topological polar surface area (TPSA) is 41.5 Å². The van der Waals surface area contributed by atoms with Crippen molar-refractivity contribution in [1.29, 1.82) is 0 Å². The SMILES string of the molecule is CSCC(C)NCC(O)COc1ccc(C)cc1C. The molecule has 0 heterocycles. The van der Waals surface area contributed by atoms with Gasteiger partial charge < -0.3 is 15.2 Å². The van der Waals surface area contributed by atoms with Crippen LogP contribution in [0.25, 0.3) is 0 Å². The zero-order valence-electron chi connectivity index (χ0n) is 12.3. The summed E-state index contributed by atoms with van der Waals surface area (Å²) in [5.74, 6) is 1.90. The van der Waals surface area contributed by atoms with Crippen LogP contribution < -0.4 is 10.1 Å². The molecule has 0 saturated carbocycles. The Morgan fingerprint density at radius 2 is 2.11 bits per heavy atom. The largest absolute Gasteiger partial charge is 0.491 e. The lowest BCUT2D eigenvalue weighted by Gasteiger charge is -2.17. The number of hydrogen-bond acceptors (Lipinski definition) is 4. The molecular weight excluding hydrogens is 258 g/mol. The van der Waals surface area contributed by atoms with E-state index in [-0.39, 0.29) is 0 Å². The maximum atomic E-state index is 9.88. The Bertz CT molecular complexity index is 384. The van der Waals surface area contributed by atoms with Gasteiger partial charge in [-0.2, -0.15) is 11.8 Å². The van der Waals surface area contributed by atoms with E-state index < -0.39 is 6.10 Å². The summed E-state index contributed by atoms with van der Waals surface area (Å²) < 4.78 is 5.65. The molecule has 0 amide bonds. The van der Waals surface area contributed by atoms with Gasteiger partial charge in [-0.3, -0.25) is 0 Å². The monoisotopic (exact) mass is 283 g/mol. The lowest BCUT2D eigenvalue weighted by atomic mass is 10.1. The Morgan fingerprint density at radius 3 is 2.74 bits per heavy atom. The molecule has 0 aliphatic rings. The van der Waals surface area contributed by atoms with E-state index in [0.29, 0.717) is 19.2 Å². The Morgan fingerprint density at radius 1 is 1.37 bits per heavy atom. The van der Waals surface area contributed by atoms with Crippen molar-refractivity contribution in [3.05, 3.63) is 29.3 Å². The minimum Gasteiger partial charge on any atom is -0.491 e. The first kappa shape index (κ1) is 16.3. The van der Waals surface area contributed by atoms with Gasteiger partial charge in [-0.15, -0.1) is 0 Å². The molecule has 0 fully saturated rings. The third kappa shape index (κ3) is 6.32. The molecule has 0 bridgehead atoms. The normalized spacial score (nSPS) is 14.2. The van der Waals surface area contributed by atoms with E-state index >= 15 is 0 Å². The second-order valence-electron chi connectivity index (χ2n) is 5.00. The highest BCUT2D eigenvalue weighted by atomic mass is 32.2. The fourth-order valence-corrected chi connectivity index (χ4v) is 2.47. The zero-order valence-corrected chi connectivity index (χ0v) is 13.1. The van der Waals surface area contributed by atoms with Gasteiger partial charge in [0.05, 0.1) is 0 Å². The van der Waals surface area contributed by atoms with E-state index in [4.69, 9.17) is 4.74 Å². The molecule has 4 heteroatoms. The molecule has 19 heavy (non-hydrogen) atoms. The maximum absolute atomic E-state index is 9.88. The molecule has 108 valence electrons. The molecule has 0 aliphatic carbocycles. The summed E-state index contributed by atoms with van der Waals surface area (Å²) in [6.45, 7) is 7.08. The van der Waals surface area contributed by atoms with Crippen molar-refractivity contribution in [2.24, 2.45) is 0 Å². The van der Waals surface area contributed by atoms with Crippen LogP contribution in [0.3, 0.4) is 0 Å². The molecule has 2 unspecified atom stereocenters. The number of nitrogens with one attached hydrogen (secondary N) is 1. The van der Waals surface area contributed by atoms with Crippen LogP contribution in [-0.4, -0.2) is 42.4 Å². The number of thioether (sulfide) groups is 1. The summed E-state index contributed by atoms with van der Waals surface area (Å²) >= 11 is 1.80. The molecule has 2 N–H and O–H groups in total. The van der Waals surface area contributed by atoms with Crippen LogP contribution in [0.2, 0.25) is 0 Å². The second kappa shape index (κ2) is 8.46. The molecular formula is C15H25NO2S. The van der Waals surface area contributed by atoms with Gasteiger partial charge in [0, 0.05) is 18.3 Å². The standard InChI is InChI=1S/C15H25NO2S/c1-11-5-6-15(12(2)7-11)18-9-14(17)8-16-13(3)10-19-4/h5-7,13-14,16-17H,8-10H2,1-4H3. The second-order valence-corrected chi connectivity index (χ2v) is 5.91. The van der Waals surface area contributed by atoms with Crippen LogP contribution in [0.5, 0.6) is 5.75 Å². The highest BCUT2D eigenvalue weighted by molar-refractivity contribution is 7.98. The Hall–Kier alpha value is -0.710. The van der Waals surface area contributed by atoms with Gasteiger partial charge in [-0.1, -0.05) is 17.7 Å². The van der Waals surface area contributed by atoms with Gasteiger partial charge in [0.2, 0.25) is 0 Å². The van der Waals surface area contributed by atoms with E-state index in [0.717, 1.165) is 17.1 Å². The summed E-state index contributed by atoms with van der Waals surface area (Å²) in [5, 5.41) is 13.2. The van der Waals surface area contributed by atoms with Crippen LogP contribution in [0, 0.1) is 13.8 Å². The average Bonchev–Trinajstić information content (AvgIpc) is 2.35. The lowest BCUT2D eigenvalue weighted by Crippen LogP contribution is -2.37. The number of aliphatic hydroxyl groups excluding tert-OH is 1. The van der Waals surface area contributed by atoms with Gasteiger partial charge in [0.1, 0.15) is 18.5 Å². The van der Waals surface area contributed by atoms with Crippen molar-refractivity contribution in [2.75, 3.05) is 25.2 Å². The summed E-state index contributed by atoms with van der Waals surface area (Å²) in [5.41, 5.74) is 2.33. The summed E-state index contributed by atoms with van der Waals surface area (Å²) in [6, 6.07) is 6.47. The van der Waals surface area contributed by atoms with E-state index in [9.17, 15) is 5.11 Å². The molecule has 0 aliphatic heterocycles. The van der Waals surface area contributed by atoms with Crippen LogP contribution >= 0.6 is 11.8 Å². The van der Waals surface area contributed by atoms with E-state index in [1.807, 2.05) is 19.1 Å². The molecule has 0 saturated heterocycles. The van der Waals surface area contributed by atoms with Crippen molar-refractivity contribution < 1.29 is 9.84 Å². The fraction of sp³-hybridized carbons (Fsp3) is 0.600. The quantitative estimate of drug-likeness (QED) is 0.768. The minimum atomic E-state index is -0.481. The van der Waals surface area contributed by atoms with Crippen molar-refractivity contribution in [3.63, 3.8) is 0 Å². The maximum Gasteiger partial charge on any atom is 0.122 e. The first-order valence-electron chi connectivity index (χ1n) is 6.63. The smallest absolute Gasteiger partial charge is 0.122 e. The minimum absolute atomic E-state index is 0.322. The number of rotatable bonds is 8. The van der Waals surface area contributed by atoms with E-state index in [2.05, 4.69) is 31.5 Å². The molecule has 0 aromatic heterocycles. The van der Waals surface area contributed by atoms with Crippen LogP contribution in [0.4, 0.5) is 0 Å². The predicted molar refractivity (Wildman–Crippen MR) is 83.3 cm³/mol. The number of hydrogen-bond donors (Lipinski definition) is 2. The first-order valence-corrected chi connectivity index (χ1v) is 8.02. The highest BCUT2D eigenvalue weighted by Crippen LogP contribution is 2.18. The molecule has 0 spiro atoms. The fourth-order valence-electron chi connectivity index (χ4n) is 1.85. The van der Waals surface area contributed by atoms with E-state index in [1.165, 1.54) is 5.56 Å². The van der Waals surface area contributed by atoms with Gasteiger partial charge >= 0.3 is 0 Å². The molecule has 0 radical (unpaired) electrons. The summed E-state index contributed by atoms with van der Waals surface area (Å²) in [7, 11) is 0. The van der Waals surface area contributed by atoms with Gasteiger partial charge in [0.15, 0.2) is 0 Å². The average molecular weight is 283 g/mol. The van der Waals surface area contributed by atoms with Crippen molar-refractivity contribution in [1.82, 2.24) is 5.32 Å². The third-order valence-corrected chi connectivity index (χ3v) is 3.71. The highest BCUT2D eigenvalue weighted by Gasteiger charge is 2.08. The zero-order chi connectivity index (χ0) is 14.3. The molecule has 1 rings (SSSR count). The molecule has 1 aromatic carbocycles. The Labute approximate surface area is 120 Å². The third-order valence-electron chi connectivity index (χ3n) is 2.88. The van der Waals surface area contributed by atoms with Gasteiger partial charge in [-0.05, 0) is 38.7 Å². The van der Waals surface area contributed by atoms with Gasteiger partial charge in [0.25, 0.3) is 0 Å². The first-order chi connectivity index (χ1) is 9.02. The molecule has 2 atom stereocenters.